The molecule has 0 fully saturated rings. The van der Waals surface area contributed by atoms with Crippen molar-refractivity contribution in [3.8, 4) is 5.75 Å². The van der Waals surface area contributed by atoms with E-state index in [1.54, 1.807) is 61.5 Å². The highest BCUT2D eigenvalue weighted by atomic mass is 35.5. The van der Waals surface area contributed by atoms with Crippen molar-refractivity contribution >= 4 is 40.6 Å². The van der Waals surface area contributed by atoms with E-state index in [0.717, 1.165) is 0 Å². The topological polar surface area (TPSA) is 76.6 Å². The summed E-state index contributed by atoms with van der Waals surface area (Å²) >= 11 is 11.2. The second-order valence-corrected chi connectivity index (χ2v) is 7.85. The van der Waals surface area contributed by atoms with Crippen molar-refractivity contribution in [2.24, 2.45) is 0 Å². The van der Waals surface area contributed by atoms with Gasteiger partial charge in [-0.25, -0.2) is 0 Å². The maximum Gasteiger partial charge on any atom is 0.262 e. The molecule has 9 heteroatoms. The highest BCUT2D eigenvalue weighted by Gasteiger charge is 2.14. The lowest BCUT2D eigenvalue weighted by atomic mass is 10.1. The Labute approximate surface area is 190 Å². The monoisotopic (exact) mass is 461 g/mol. The van der Waals surface area contributed by atoms with Crippen LogP contribution in [-0.2, 0) is 11.3 Å². The summed E-state index contributed by atoms with van der Waals surface area (Å²) < 4.78 is 12.5. The normalized spacial score (nSPS) is 10.9. The zero-order chi connectivity index (χ0) is 22.4. The number of halogens is 1. The lowest BCUT2D eigenvalue weighted by molar-refractivity contribution is 0.0774. The fraction of sp³-hybridized carbons (Fsp3) is 0.318. The van der Waals surface area contributed by atoms with E-state index in [9.17, 15) is 9.59 Å². The number of hydrogen-bond acceptors (Lipinski definition) is 5. The van der Waals surface area contributed by atoms with Crippen LogP contribution >= 0.6 is 23.8 Å². The highest BCUT2D eigenvalue weighted by molar-refractivity contribution is 7.71. The van der Waals surface area contributed by atoms with Crippen LogP contribution in [0.2, 0.25) is 5.02 Å². The number of carbonyl (C=O) groups excluding carboxylic acids is 1. The van der Waals surface area contributed by atoms with Crippen LogP contribution in [0.1, 0.15) is 16.8 Å². The molecular weight excluding hydrogens is 438 g/mol. The summed E-state index contributed by atoms with van der Waals surface area (Å²) in [5.74, 6) is 0.510. The molecule has 0 aliphatic carbocycles. The van der Waals surface area contributed by atoms with Gasteiger partial charge in [-0.15, -0.1) is 0 Å². The zero-order valence-corrected chi connectivity index (χ0v) is 19.0. The van der Waals surface area contributed by atoms with Gasteiger partial charge < -0.3 is 19.4 Å². The third-order valence-electron chi connectivity index (χ3n) is 4.81. The molecular formula is C22H24ClN3O4S. The number of aromatic nitrogens is 2. The fourth-order valence-electron chi connectivity index (χ4n) is 3.11. The van der Waals surface area contributed by atoms with Crippen LogP contribution in [0.25, 0.3) is 10.9 Å². The minimum Gasteiger partial charge on any atom is -0.492 e. The van der Waals surface area contributed by atoms with Gasteiger partial charge in [-0.2, -0.15) is 0 Å². The molecule has 3 aromatic rings. The molecule has 3 rings (SSSR count). The summed E-state index contributed by atoms with van der Waals surface area (Å²) in [6.07, 6.45) is 0.679. The van der Waals surface area contributed by atoms with E-state index in [1.807, 2.05) is 0 Å². The fourth-order valence-corrected chi connectivity index (χ4v) is 3.52. The second-order valence-electron chi connectivity index (χ2n) is 7.02. The van der Waals surface area contributed by atoms with E-state index in [-0.39, 0.29) is 11.5 Å². The van der Waals surface area contributed by atoms with Crippen LogP contribution in [-0.4, -0.2) is 54.3 Å². The van der Waals surface area contributed by atoms with E-state index < -0.39 is 0 Å². The number of rotatable bonds is 9. The second kappa shape index (κ2) is 10.6. The standard InChI is InChI=1S/C22H24ClN3O4S/c1-25(11-13-30-17-7-5-16(23)6-8-17)20(27)15-4-9-18-19(14-15)24-22(31)26(21(18)28)10-3-12-29-2/h4-9,14H,3,10-13H2,1-2H3,(H,24,31). The molecule has 0 unspecified atom stereocenters. The first-order chi connectivity index (χ1) is 14.9. The first-order valence-electron chi connectivity index (χ1n) is 9.80. The molecule has 0 bridgehead atoms. The summed E-state index contributed by atoms with van der Waals surface area (Å²) in [7, 11) is 3.32. The maximum absolute atomic E-state index is 12.8. The number of nitrogens with zero attached hydrogens (tertiary/aromatic N) is 2. The van der Waals surface area contributed by atoms with Gasteiger partial charge in [0, 0.05) is 37.9 Å². The molecule has 1 N–H and O–H groups in total. The van der Waals surface area contributed by atoms with Crippen LogP contribution in [0.15, 0.2) is 47.3 Å². The van der Waals surface area contributed by atoms with Gasteiger partial charge in [-0.05, 0) is 61.1 Å². The molecule has 164 valence electrons. The Morgan fingerprint density at radius 2 is 1.94 bits per heavy atom. The van der Waals surface area contributed by atoms with Crippen molar-refractivity contribution < 1.29 is 14.3 Å². The molecule has 2 aromatic carbocycles. The Balaban J connectivity index is 1.70. The predicted molar refractivity (Wildman–Crippen MR) is 124 cm³/mol. The van der Waals surface area contributed by atoms with Gasteiger partial charge in [0.1, 0.15) is 12.4 Å². The molecule has 7 nitrogen and oxygen atoms in total. The Kier molecular flexibility index (Phi) is 7.84. The van der Waals surface area contributed by atoms with E-state index >= 15 is 0 Å². The quantitative estimate of drug-likeness (QED) is 0.386. The molecule has 1 aromatic heterocycles. The first kappa shape index (κ1) is 23.0. The molecule has 0 aliphatic rings. The van der Waals surface area contributed by atoms with Crippen LogP contribution in [0.5, 0.6) is 5.75 Å². The third-order valence-corrected chi connectivity index (χ3v) is 5.39. The number of H-pyrrole nitrogens is 1. The van der Waals surface area contributed by atoms with Crippen molar-refractivity contribution in [3.05, 3.63) is 68.2 Å². The van der Waals surface area contributed by atoms with Crippen LogP contribution in [0, 0.1) is 4.77 Å². The van der Waals surface area contributed by atoms with Crippen LogP contribution < -0.4 is 10.3 Å². The Bertz CT molecular complexity index is 1170. The number of hydrogen-bond donors (Lipinski definition) is 1. The van der Waals surface area contributed by atoms with Gasteiger partial charge in [-0.1, -0.05) is 11.6 Å². The summed E-state index contributed by atoms with van der Waals surface area (Å²) in [5, 5.41) is 1.12. The van der Waals surface area contributed by atoms with Gasteiger partial charge in [0.2, 0.25) is 0 Å². The summed E-state index contributed by atoms with van der Waals surface area (Å²) in [6.45, 7) is 1.75. The third kappa shape index (κ3) is 5.72. The molecule has 1 heterocycles. The van der Waals surface area contributed by atoms with Crippen molar-refractivity contribution in [2.75, 3.05) is 33.9 Å². The number of amides is 1. The minimum atomic E-state index is -0.182. The number of benzene rings is 2. The van der Waals surface area contributed by atoms with Crippen molar-refractivity contribution in [1.29, 1.82) is 0 Å². The number of fused-ring (bicyclic) bond motifs is 1. The van der Waals surface area contributed by atoms with Crippen molar-refractivity contribution in [2.45, 2.75) is 13.0 Å². The maximum atomic E-state index is 12.8. The Hall–Kier alpha value is -2.68. The van der Waals surface area contributed by atoms with Crippen LogP contribution in [0.4, 0.5) is 0 Å². The predicted octanol–water partition coefficient (Wildman–Crippen LogP) is 3.90. The van der Waals surface area contributed by atoms with Crippen LogP contribution in [0.3, 0.4) is 0 Å². The summed E-state index contributed by atoms with van der Waals surface area (Å²) in [5.41, 5.74) is 0.817. The van der Waals surface area contributed by atoms with Gasteiger partial charge >= 0.3 is 0 Å². The van der Waals surface area contributed by atoms with E-state index in [4.69, 9.17) is 33.3 Å². The lowest BCUT2D eigenvalue weighted by Gasteiger charge is -2.18. The van der Waals surface area contributed by atoms with Gasteiger partial charge in [0.25, 0.3) is 11.5 Å². The number of carbonyl (C=O) groups is 1. The average Bonchev–Trinajstić information content (AvgIpc) is 2.76. The molecule has 31 heavy (non-hydrogen) atoms. The summed E-state index contributed by atoms with van der Waals surface area (Å²) in [6, 6.07) is 12.0. The van der Waals surface area contributed by atoms with Crippen molar-refractivity contribution in [3.63, 3.8) is 0 Å². The number of ether oxygens (including phenoxy) is 2. The molecule has 0 spiro atoms. The SMILES string of the molecule is COCCCn1c(=S)[nH]c2cc(C(=O)N(C)CCOc3ccc(Cl)cc3)ccc2c1=O. The number of nitrogens with one attached hydrogen (secondary N) is 1. The van der Waals surface area contributed by atoms with Gasteiger partial charge in [0.05, 0.1) is 17.4 Å². The first-order valence-corrected chi connectivity index (χ1v) is 10.6. The van der Waals surface area contributed by atoms with E-state index in [2.05, 4.69) is 4.98 Å². The lowest BCUT2D eigenvalue weighted by Crippen LogP contribution is -2.31. The Morgan fingerprint density at radius 1 is 1.19 bits per heavy atom. The molecule has 0 saturated carbocycles. The molecule has 0 aliphatic heterocycles. The summed E-state index contributed by atoms with van der Waals surface area (Å²) in [4.78, 5) is 30.2. The largest absolute Gasteiger partial charge is 0.492 e. The molecule has 0 atom stereocenters. The number of likely N-dealkylation sites (N-methyl/N-ethyl adjacent to an activating group) is 1. The smallest absolute Gasteiger partial charge is 0.262 e. The van der Waals surface area contributed by atoms with E-state index in [0.29, 0.717) is 64.7 Å². The Morgan fingerprint density at radius 3 is 2.65 bits per heavy atom. The molecule has 0 saturated heterocycles. The number of aromatic amines is 1. The van der Waals surface area contributed by atoms with Crippen molar-refractivity contribution in [1.82, 2.24) is 14.5 Å². The average molecular weight is 462 g/mol. The molecule has 0 radical (unpaired) electrons. The number of methoxy groups -OCH3 is 1. The molecule has 1 amide bonds. The highest BCUT2D eigenvalue weighted by Crippen LogP contribution is 2.16. The zero-order valence-electron chi connectivity index (χ0n) is 17.4. The van der Waals surface area contributed by atoms with E-state index in [1.165, 1.54) is 4.57 Å². The minimum absolute atomic E-state index is 0.176. The van der Waals surface area contributed by atoms with Gasteiger partial charge in [0.15, 0.2) is 4.77 Å². The van der Waals surface area contributed by atoms with Gasteiger partial charge in [-0.3, -0.25) is 14.2 Å².